The zero-order chi connectivity index (χ0) is 20.3. The average molecular weight is 401 g/mol. The van der Waals surface area contributed by atoms with E-state index in [4.69, 9.17) is 4.74 Å². The molecule has 0 saturated heterocycles. The number of sulfonamides is 1. The first-order valence-electron chi connectivity index (χ1n) is 8.93. The van der Waals surface area contributed by atoms with Gasteiger partial charge < -0.3 is 4.74 Å². The maximum absolute atomic E-state index is 12.6. The van der Waals surface area contributed by atoms with E-state index in [0.29, 0.717) is 35.6 Å². The maximum atomic E-state index is 12.6. The van der Waals surface area contributed by atoms with E-state index in [1.165, 1.54) is 5.01 Å². The van der Waals surface area contributed by atoms with E-state index in [1.54, 1.807) is 32.2 Å². The summed E-state index contributed by atoms with van der Waals surface area (Å²) in [6.45, 7) is 1.79. The number of ether oxygens (including phenoxy) is 1. The molecule has 0 aliphatic carbocycles. The van der Waals surface area contributed by atoms with Crippen molar-refractivity contribution in [3.63, 3.8) is 0 Å². The number of para-hydroxylation sites is 2. The SMILES string of the molecule is CCC(=O)N1N=C(c2ccccc2NS(C)(=O)=O)C[C@H]1c1ccccc1OC. The van der Waals surface area contributed by atoms with Crippen LogP contribution in [-0.2, 0) is 14.8 Å². The summed E-state index contributed by atoms with van der Waals surface area (Å²) in [6, 6.07) is 14.3. The Labute approximate surface area is 165 Å². The van der Waals surface area contributed by atoms with Crippen molar-refractivity contribution in [3.8, 4) is 5.75 Å². The molecular formula is C20H23N3O4S. The number of hydrogen-bond acceptors (Lipinski definition) is 5. The number of hydrogen-bond donors (Lipinski definition) is 1. The summed E-state index contributed by atoms with van der Waals surface area (Å²) >= 11 is 0. The Bertz CT molecular complexity index is 1020. The molecule has 2 aromatic rings. The molecule has 28 heavy (non-hydrogen) atoms. The van der Waals surface area contributed by atoms with Gasteiger partial charge in [-0.1, -0.05) is 43.3 Å². The minimum absolute atomic E-state index is 0.112. The summed E-state index contributed by atoms with van der Waals surface area (Å²) in [5, 5.41) is 6.04. The quantitative estimate of drug-likeness (QED) is 0.805. The highest BCUT2D eigenvalue weighted by molar-refractivity contribution is 7.92. The molecule has 0 radical (unpaired) electrons. The molecule has 1 N–H and O–H groups in total. The molecule has 0 unspecified atom stereocenters. The summed E-state index contributed by atoms with van der Waals surface area (Å²) in [6.07, 6.45) is 1.87. The topological polar surface area (TPSA) is 88.1 Å². The molecule has 0 fully saturated rings. The van der Waals surface area contributed by atoms with Crippen LogP contribution < -0.4 is 9.46 Å². The maximum Gasteiger partial charge on any atom is 0.242 e. The first kappa shape index (κ1) is 19.9. The fraction of sp³-hybridized carbons (Fsp3) is 0.300. The highest BCUT2D eigenvalue weighted by Gasteiger charge is 2.34. The standard InChI is InChI=1S/C20H23N3O4S/c1-4-20(24)23-18(15-10-6-8-12-19(15)27-2)13-17(21-23)14-9-5-7-11-16(14)22-28(3,25)26/h5-12,18,22H,4,13H2,1-3H3/t18-/m0/s1. The van der Waals surface area contributed by atoms with E-state index in [0.717, 1.165) is 11.8 Å². The van der Waals surface area contributed by atoms with E-state index in [9.17, 15) is 13.2 Å². The van der Waals surface area contributed by atoms with Crippen molar-refractivity contribution in [2.75, 3.05) is 18.1 Å². The van der Waals surface area contributed by atoms with Gasteiger partial charge in [-0.05, 0) is 12.1 Å². The van der Waals surface area contributed by atoms with Gasteiger partial charge in [0.2, 0.25) is 15.9 Å². The molecule has 1 heterocycles. The predicted octanol–water partition coefficient (Wildman–Crippen LogP) is 3.15. The summed E-state index contributed by atoms with van der Waals surface area (Å²) in [5.41, 5.74) is 2.59. The molecule has 1 atom stereocenters. The molecule has 3 rings (SSSR count). The molecule has 8 heteroatoms. The Kier molecular flexibility index (Phi) is 5.69. The van der Waals surface area contributed by atoms with Gasteiger partial charge in [-0.25, -0.2) is 13.4 Å². The number of carbonyl (C=O) groups excluding carboxylic acids is 1. The van der Waals surface area contributed by atoms with E-state index < -0.39 is 10.0 Å². The summed E-state index contributed by atoms with van der Waals surface area (Å²) in [5.74, 6) is 0.569. The zero-order valence-corrected chi connectivity index (χ0v) is 16.9. The van der Waals surface area contributed by atoms with Gasteiger partial charge in [-0.2, -0.15) is 5.10 Å². The van der Waals surface area contributed by atoms with Crippen molar-refractivity contribution in [2.45, 2.75) is 25.8 Å². The third kappa shape index (κ3) is 4.17. The number of hydrazone groups is 1. The van der Waals surface area contributed by atoms with Crippen LogP contribution in [0.1, 0.15) is 36.9 Å². The molecule has 0 aromatic heterocycles. The third-order valence-electron chi connectivity index (χ3n) is 4.50. The lowest BCUT2D eigenvalue weighted by atomic mass is 9.97. The van der Waals surface area contributed by atoms with Crippen molar-refractivity contribution in [3.05, 3.63) is 59.7 Å². The first-order valence-corrected chi connectivity index (χ1v) is 10.8. The second-order valence-corrected chi connectivity index (χ2v) is 8.27. The second kappa shape index (κ2) is 8.02. The van der Waals surface area contributed by atoms with E-state index in [2.05, 4.69) is 9.82 Å². The number of nitrogens with one attached hydrogen (secondary N) is 1. The lowest BCUT2D eigenvalue weighted by Crippen LogP contribution is -2.26. The van der Waals surface area contributed by atoms with Gasteiger partial charge in [0, 0.05) is 24.0 Å². The van der Waals surface area contributed by atoms with Crippen LogP contribution in [0.15, 0.2) is 53.6 Å². The lowest BCUT2D eigenvalue weighted by Gasteiger charge is -2.23. The molecule has 1 aliphatic rings. The first-order chi connectivity index (χ1) is 13.3. The smallest absolute Gasteiger partial charge is 0.242 e. The minimum atomic E-state index is -3.45. The molecule has 7 nitrogen and oxygen atoms in total. The van der Waals surface area contributed by atoms with Gasteiger partial charge in [-0.3, -0.25) is 9.52 Å². The number of anilines is 1. The highest BCUT2D eigenvalue weighted by atomic mass is 32.2. The second-order valence-electron chi connectivity index (χ2n) is 6.52. The Morgan fingerprint density at radius 1 is 1.21 bits per heavy atom. The Morgan fingerprint density at radius 2 is 1.89 bits per heavy atom. The lowest BCUT2D eigenvalue weighted by molar-refractivity contribution is -0.132. The van der Waals surface area contributed by atoms with Gasteiger partial charge in [0.15, 0.2) is 0 Å². The third-order valence-corrected chi connectivity index (χ3v) is 5.09. The van der Waals surface area contributed by atoms with Gasteiger partial charge in [0.25, 0.3) is 0 Å². The van der Waals surface area contributed by atoms with Crippen LogP contribution in [0.5, 0.6) is 5.75 Å². The van der Waals surface area contributed by atoms with Crippen LogP contribution in [-0.4, -0.2) is 38.4 Å². The van der Waals surface area contributed by atoms with Crippen molar-refractivity contribution in [1.29, 1.82) is 0 Å². The van der Waals surface area contributed by atoms with E-state index in [1.807, 2.05) is 30.3 Å². The van der Waals surface area contributed by atoms with Crippen LogP contribution in [0.25, 0.3) is 0 Å². The van der Waals surface area contributed by atoms with E-state index >= 15 is 0 Å². The molecule has 1 aliphatic heterocycles. The Morgan fingerprint density at radius 3 is 2.57 bits per heavy atom. The number of carbonyl (C=O) groups is 1. The molecule has 0 saturated carbocycles. The summed E-state index contributed by atoms with van der Waals surface area (Å²) in [7, 11) is -1.86. The zero-order valence-electron chi connectivity index (χ0n) is 16.0. The highest BCUT2D eigenvalue weighted by Crippen LogP contribution is 2.38. The molecule has 1 amide bonds. The monoisotopic (exact) mass is 401 g/mol. The fourth-order valence-corrected chi connectivity index (χ4v) is 3.85. The van der Waals surface area contributed by atoms with Crippen LogP contribution >= 0.6 is 0 Å². The van der Waals surface area contributed by atoms with Crippen LogP contribution in [0.3, 0.4) is 0 Å². The molecule has 0 spiro atoms. The summed E-state index contributed by atoms with van der Waals surface area (Å²) < 4.78 is 31.4. The van der Waals surface area contributed by atoms with Crippen molar-refractivity contribution in [2.24, 2.45) is 5.10 Å². The van der Waals surface area contributed by atoms with Crippen LogP contribution in [0, 0.1) is 0 Å². The molecular weight excluding hydrogens is 378 g/mol. The number of benzene rings is 2. The average Bonchev–Trinajstić information content (AvgIpc) is 3.11. The molecule has 0 bridgehead atoms. The molecule has 148 valence electrons. The fourth-order valence-electron chi connectivity index (χ4n) is 3.27. The van der Waals surface area contributed by atoms with Gasteiger partial charge >= 0.3 is 0 Å². The van der Waals surface area contributed by atoms with Gasteiger partial charge in [0.05, 0.1) is 30.8 Å². The van der Waals surface area contributed by atoms with Crippen LogP contribution in [0.4, 0.5) is 5.69 Å². The van der Waals surface area contributed by atoms with Crippen LogP contribution in [0.2, 0.25) is 0 Å². The normalized spacial score (nSPS) is 16.6. The molecule has 2 aromatic carbocycles. The van der Waals surface area contributed by atoms with Gasteiger partial charge in [0.1, 0.15) is 5.75 Å². The number of rotatable bonds is 6. The Hall–Kier alpha value is -2.87. The van der Waals surface area contributed by atoms with Crippen molar-refractivity contribution in [1.82, 2.24) is 5.01 Å². The van der Waals surface area contributed by atoms with E-state index in [-0.39, 0.29) is 11.9 Å². The van der Waals surface area contributed by atoms with Crippen molar-refractivity contribution >= 4 is 27.3 Å². The van der Waals surface area contributed by atoms with Gasteiger partial charge in [-0.15, -0.1) is 0 Å². The largest absolute Gasteiger partial charge is 0.496 e. The Balaban J connectivity index is 2.04. The summed E-state index contributed by atoms with van der Waals surface area (Å²) in [4.78, 5) is 12.6. The number of methoxy groups -OCH3 is 1. The number of amides is 1. The van der Waals surface area contributed by atoms with Crippen molar-refractivity contribution < 1.29 is 17.9 Å². The minimum Gasteiger partial charge on any atom is -0.496 e. The number of nitrogens with zero attached hydrogens (tertiary/aromatic N) is 2. The predicted molar refractivity (Wildman–Crippen MR) is 109 cm³/mol.